The topological polar surface area (TPSA) is 50.7 Å². The standard InChI is InChI=1S/C11H12ClN3O/c1-7(2)10-13-14-11(16)15(10)9-6-4-3-5-8(9)12/h3-7H,1-2H3,(H,14,16). The maximum absolute atomic E-state index is 11.7. The third-order valence-electron chi connectivity index (χ3n) is 2.31. The number of nitrogens with one attached hydrogen (secondary N) is 1. The summed E-state index contributed by atoms with van der Waals surface area (Å²) in [5, 5.41) is 6.98. The molecular weight excluding hydrogens is 226 g/mol. The summed E-state index contributed by atoms with van der Waals surface area (Å²) >= 11 is 6.06. The fourth-order valence-corrected chi connectivity index (χ4v) is 1.78. The van der Waals surface area contributed by atoms with Crippen LogP contribution in [0.15, 0.2) is 29.1 Å². The Hall–Kier alpha value is -1.55. The van der Waals surface area contributed by atoms with Crippen molar-refractivity contribution in [1.29, 1.82) is 0 Å². The lowest BCUT2D eigenvalue weighted by Crippen LogP contribution is -2.17. The van der Waals surface area contributed by atoms with Gasteiger partial charge in [0.15, 0.2) is 0 Å². The van der Waals surface area contributed by atoms with Gasteiger partial charge in [0.2, 0.25) is 0 Å². The first-order valence-corrected chi connectivity index (χ1v) is 5.41. The van der Waals surface area contributed by atoms with Crippen molar-refractivity contribution >= 4 is 11.6 Å². The van der Waals surface area contributed by atoms with Crippen LogP contribution in [0.1, 0.15) is 25.6 Å². The Balaban J connectivity index is 2.69. The van der Waals surface area contributed by atoms with Gasteiger partial charge in [-0.15, -0.1) is 0 Å². The van der Waals surface area contributed by atoms with E-state index in [1.165, 1.54) is 4.57 Å². The van der Waals surface area contributed by atoms with Crippen LogP contribution >= 0.6 is 11.6 Å². The average Bonchev–Trinajstić information content (AvgIpc) is 2.61. The minimum Gasteiger partial charge on any atom is -0.246 e. The summed E-state index contributed by atoms with van der Waals surface area (Å²) in [7, 11) is 0. The molecule has 0 amide bonds. The molecule has 0 bridgehead atoms. The summed E-state index contributed by atoms with van der Waals surface area (Å²) in [5.41, 5.74) is 0.392. The van der Waals surface area contributed by atoms with E-state index < -0.39 is 0 Å². The van der Waals surface area contributed by atoms with Gasteiger partial charge in [0, 0.05) is 5.92 Å². The van der Waals surface area contributed by atoms with Gasteiger partial charge in [-0.2, -0.15) is 5.10 Å². The predicted molar refractivity (Wildman–Crippen MR) is 63.3 cm³/mol. The number of aromatic nitrogens is 3. The maximum atomic E-state index is 11.7. The number of para-hydroxylation sites is 1. The largest absolute Gasteiger partial charge is 0.348 e. The fraction of sp³-hybridized carbons (Fsp3) is 0.273. The molecule has 4 nitrogen and oxygen atoms in total. The summed E-state index contributed by atoms with van der Waals surface area (Å²) in [6, 6.07) is 7.21. The average molecular weight is 238 g/mol. The minimum atomic E-state index is -0.267. The van der Waals surface area contributed by atoms with Crippen LogP contribution in [0.25, 0.3) is 5.69 Å². The fourth-order valence-electron chi connectivity index (χ4n) is 1.56. The van der Waals surface area contributed by atoms with Crippen LogP contribution in [0.3, 0.4) is 0 Å². The molecule has 0 fully saturated rings. The Morgan fingerprint density at radius 1 is 1.38 bits per heavy atom. The van der Waals surface area contributed by atoms with E-state index in [-0.39, 0.29) is 11.6 Å². The van der Waals surface area contributed by atoms with Gasteiger partial charge in [-0.25, -0.2) is 14.5 Å². The van der Waals surface area contributed by atoms with Crippen molar-refractivity contribution in [2.45, 2.75) is 19.8 Å². The van der Waals surface area contributed by atoms with E-state index in [9.17, 15) is 4.79 Å². The summed E-state index contributed by atoms with van der Waals surface area (Å²) < 4.78 is 1.51. The van der Waals surface area contributed by atoms with Crippen LogP contribution in [-0.4, -0.2) is 14.8 Å². The molecule has 2 rings (SSSR count). The molecule has 0 saturated heterocycles. The number of halogens is 1. The number of aromatic amines is 1. The van der Waals surface area contributed by atoms with Crippen LogP contribution in [-0.2, 0) is 0 Å². The quantitative estimate of drug-likeness (QED) is 0.872. The van der Waals surface area contributed by atoms with Gasteiger partial charge in [0.05, 0.1) is 10.7 Å². The second kappa shape index (κ2) is 4.14. The van der Waals surface area contributed by atoms with Crippen LogP contribution in [0, 0.1) is 0 Å². The Morgan fingerprint density at radius 2 is 2.06 bits per heavy atom. The molecule has 0 saturated carbocycles. The number of rotatable bonds is 2. The van der Waals surface area contributed by atoms with Crippen LogP contribution in [0.5, 0.6) is 0 Å². The number of nitrogens with zero attached hydrogens (tertiary/aromatic N) is 2. The van der Waals surface area contributed by atoms with E-state index in [0.717, 1.165) is 0 Å². The van der Waals surface area contributed by atoms with Gasteiger partial charge in [0.25, 0.3) is 0 Å². The normalized spacial score (nSPS) is 11.0. The third kappa shape index (κ3) is 1.76. The molecule has 0 atom stereocenters. The van der Waals surface area contributed by atoms with Gasteiger partial charge in [-0.05, 0) is 12.1 Å². The van der Waals surface area contributed by atoms with E-state index >= 15 is 0 Å². The molecule has 1 aromatic heterocycles. The summed E-state index contributed by atoms with van der Waals surface area (Å²) in [6.07, 6.45) is 0. The maximum Gasteiger partial charge on any atom is 0.348 e. The first-order valence-electron chi connectivity index (χ1n) is 5.03. The molecule has 0 unspecified atom stereocenters. The lowest BCUT2D eigenvalue weighted by atomic mass is 10.2. The van der Waals surface area contributed by atoms with Crippen molar-refractivity contribution in [3.63, 3.8) is 0 Å². The van der Waals surface area contributed by atoms with Crippen molar-refractivity contribution in [1.82, 2.24) is 14.8 Å². The van der Waals surface area contributed by atoms with E-state index in [2.05, 4.69) is 10.2 Å². The highest BCUT2D eigenvalue weighted by Gasteiger charge is 2.14. The van der Waals surface area contributed by atoms with Crippen molar-refractivity contribution in [2.24, 2.45) is 0 Å². The van der Waals surface area contributed by atoms with E-state index in [4.69, 9.17) is 11.6 Å². The van der Waals surface area contributed by atoms with Crippen LogP contribution in [0.2, 0.25) is 5.02 Å². The van der Waals surface area contributed by atoms with Gasteiger partial charge in [0.1, 0.15) is 5.82 Å². The Kier molecular flexibility index (Phi) is 2.83. The number of hydrogen-bond donors (Lipinski definition) is 1. The number of hydrogen-bond acceptors (Lipinski definition) is 2. The second-order valence-corrected chi connectivity index (χ2v) is 4.24. The lowest BCUT2D eigenvalue weighted by Gasteiger charge is -2.09. The van der Waals surface area contributed by atoms with Crippen molar-refractivity contribution in [3.05, 3.63) is 45.6 Å². The second-order valence-electron chi connectivity index (χ2n) is 3.83. The van der Waals surface area contributed by atoms with Gasteiger partial charge in [-0.1, -0.05) is 37.6 Å². The minimum absolute atomic E-state index is 0.148. The monoisotopic (exact) mass is 237 g/mol. The lowest BCUT2D eigenvalue weighted by molar-refractivity contribution is 0.742. The molecule has 1 aromatic carbocycles. The molecule has 0 aliphatic rings. The predicted octanol–water partition coefficient (Wildman–Crippen LogP) is 2.34. The highest BCUT2D eigenvalue weighted by molar-refractivity contribution is 6.32. The van der Waals surface area contributed by atoms with Crippen molar-refractivity contribution < 1.29 is 0 Å². The Morgan fingerprint density at radius 3 is 2.69 bits per heavy atom. The molecule has 1 heterocycles. The molecule has 5 heteroatoms. The smallest absolute Gasteiger partial charge is 0.246 e. The highest BCUT2D eigenvalue weighted by Crippen LogP contribution is 2.21. The van der Waals surface area contributed by atoms with Gasteiger partial charge >= 0.3 is 5.69 Å². The first-order chi connectivity index (χ1) is 7.61. The first kappa shape index (κ1) is 11.0. The molecule has 0 radical (unpaired) electrons. The zero-order chi connectivity index (χ0) is 11.7. The Bertz CT molecular complexity index is 556. The molecule has 0 aliphatic carbocycles. The van der Waals surface area contributed by atoms with Crippen LogP contribution in [0.4, 0.5) is 0 Å². The van der Waals surface area contributed by atoms with E-state index in [1.807, 2.05) is 26.0 Å². The third-order valence-corrected chi connectivity index (χ3v) is 2.63. The van der Waals surface area contributed by atoms with Crippen molar-refractivity contribution in [3.8, 4) is 5.69 Å². The highest BCUT2D eigenvalue weighted by atomic mass is 35.5. The van der Waals surface area contributed by atoms with E-state index in [0.29, 0.717) is 16.5 Å². The summed E-state index contributed by atoms with van der Waals surface area (Å²) in [6.45, 7) is 3.95. The van der Waals surface area contributed by atoms with Gasteiger partial charge in [-0.3, -0.25) is 0 Å². The number of H-pyrrole nitrogens is 1. The zero-order valence-electron chi connectivity index (χ0n) is 9.07. The molecule has 16 heavy (non-hydrogen) atoms. The number of benzene rings is 1. The molecule has 84 valence electrons. The van der Waals surface area contributed by atoms with Crippen molar-refractivity contribution in [2.75, 3.05) is 0 Å². The molecule has 2 aromatic rings. The SMILES string of the molecule is CC(C)c1n[nH]c(=O)n1-c1ccccc1Cl. The van der Waals surface area contributed by atoms with E-state index in [1.54, 1.807) is 12.1 Å². The van der Waals surface area contributed by atoms with Gasteiger partial charge < -0.3 is 0 Å². The molecule has 1 N–H and O–H groups in total. The van der Waals surface area contributed by atoms with Crippen LogP contribution < -0.4 is 5.69 Å². The molecule has 0 aliphatic heterocycles. The Labute approximate surface area is 97.9 Å². The summed E-state index contributed by atoms with van der Waals surface area (Å²) in [5.74, 6) is 0.827. The summed E-state index contributed by atoms with van der Waals surface area (Å²) in [4.78, 5) is 11.7. The molecule has 0 spiro atoms. The zero-order valence-corrected chi connectivity index (χ0v) is 9.82. The molecular formula is C11H12ClN3O.